The van der Waals surface area contributed by atoms with Crippen LogP contribution in [0.2, 0.25) is 0 Å². The van der Waals surface area contributed by atoms with Crippen molar-refractivity contribution < 1.29 is 9.59 Å². The highest BCUT2D eigenvalue weighted by Crippen LogP contribution is 2.22. The quantitative estimate of drug-likeness (QED) is 0.824. The number of likely N-dealkylation sites (tertiary alicyclic amines) is 1. The molecule has 2 rings (SSSR count). The van der Waals surface area contributed by atoms with Crippen LogP contribution in [0.1, 0.15) is 23.2 Å². The van der Waals surface area contributed by atoms with Gasteiger partial charge in [-0.1, -0.05) is 12.1 Å². The number of rotatable bonds is 2. The molecule has 0 aliphatic carbocycles. The van der Waals surface area contributed by atoms with Crippen LogP contribution < -0.4 is 5.73 Å². The second-order valence-corrected chi connectivity index (χ2v) is 5.20. The Balaban J connectivity index is 2.26. The number of hydrogen-bond acceptors (Lipinski definition) is 2. The summed E-state index contributed by atoms with van der Waals surface area (Å²) >= 11 is 2.12. The van der Waals surface area contributed by atoms with Crippen molar-refractivity contribution in [3.63, 3.8) is 0 Å². The molecule has 1 unspecified atom stereocenters. The first-order valence-electron chi connectivity index (χ1n) is 5.46. The van der Waals surface area contributed by atoms with E-state index in [4.69, 9.17) is 5.73 Å². The summed E-state index contributed by atoms with van der Waals surface area (Å²) < 4.78 is 0.894. The van der Waals surface area contributed by atoms with Crippen LogP contribution in [0.3, 0.4) is 0 Å². The number of halogens is 1. The van der Waals surface area contributed by atoms with Gasteiger partial charge in [0.2, 0.25) is 5.91 Å². The molecule has 5 heteroatoms. The summed E-state index contributed by atoms with van der Waals surface area (Å²) in [5.41, 5.74) is 5.95. The van der Waals surface area contributed by atoms with Crippen molar-refractivity contribution in [1.82, 2.24) is 4.90 Å². The first-order valence-corrected chi connectivity index (χ1v) is 6.54. The van der Waals surface area contributed by atoms with E-state index < -0.39 is 11.9 Å². The molecule has 4 nitrogen and oxygen atoms in total. The van der Waals surface area contributed by atoms with Crippen molar-refractivity contribution in [2.24, 2.45) is 5.73 Å². The number of benzene rings is 1. The third-order valence-electron chi connectivity index (χ3n) is 2.95. The van der Waals surface area contributed by atoms with Gasteiger partial charge in [0.15, 0.2) is 0 Å². The minimum atomic E-state index is -0.446. The molecular weight excluding hydrogens is 331 g/mol. The van der Waals surface area contributed by atoms with Crippen LogP contribution in [0.4, 0.5) is 0 Å². The van der Waals surface area contributed by atoms with Crippen LogP contribution in [0, 0.1) is 3.57 Å². The summed E-state index contributed by atoms with van der Waals surface area (Å²) in [7, 11) is 0. The highest BCUT2D eigenvalue weighted by Gasteiger charge is 2.33. The van der Waals surface area contributed by atoms with E-state index in [2.05, 4.69) is 22.6 Å². The minimum Gasteiger partial charge on any atom is -0.368 e. The molecule has 90 valence electrons. The molecule has 1 aliphatic rings. The number of amides is 2. The van der Waals surface area contributed by atoms with E-state index in [1.807, 2.05) is 18.2 Å². The third kappa shape index (κ3) is 2.43. The molecule has 1 heterocycles. The van der Waals surface area contributed by atoms with E-state index in [0.29, 0.717) is 18.5 Å². The van der Waals surface area contributed by atoms with Crippen molar-refractivity contribution in [1.29, 1.82) is 0 Å². The van der Waals surface area contributed by atoms with Gasteiger partial charge in [0.05, 0.1) is 5.56 Å². The number of hydrogen-bond donors (Lipinski definition) is 1. The average Bonchev–Trinajstić information content (AvgIpc) is 2.77. The molecular formula is C12H13IN2O2. The van der Waals surface area contributed by atoms with Gasteiger partial charge in [0.25, 0.3) is 5.91 Å². The number of carbonyl (C=O) groups excluding carboxylic acids is 2. The Bertz CT molecular complexity index is 462. The average molecular weight is 344 g/mol. The molecule has 2 amide bonds. The van der Waals surface area contributed by atoms with Crippen molar-refractivity contribution >= 4 is 34.4 Å². The lowest BCUT2D eigenvalue weighted by atomic mass is 10.1. The number of nitrogens with two attached hydrogens (primary N) is 1. The van der Waals surface area contributed by atoms with E-state index in [-0.39, 0.29) is 5.91 Å². The zero-order chi connectivity index (χ0) is 12.4. The van der Waals surface area contributed by atoms with Crippen molar-refractivity contribution in [3.05, 3.63) is 33.4 Å². The predicted molar refractivity (Wildman–Crippen MR) is 72.4 cm³/mol. The Kier molecular flexibility index (Phi) is 3.66. The largest absolute Gasteiger partial charge is 0.368 e. The predicted octanol–water partition coefficient (Wildman–Crippen LogP) is 1.38. The highest BCUT2D eigenvalue weighted by atomic mass is 127. The van der Waals surface area contributed by atoms with Crippen molar-refractivity contribution in [2.45, 2.75) is 18.9 Å². The molecule has 0 radical (unpaired) electrons. The second-order valence-electron chi connectivity index (χ2n) is 4.04. The van der Waals surface area contributed by atoms with Gasteiger partial charge in [-0.15, -0.1) is 0 Å². The fraction of sp³-hybridized carbons (Fsp3) is 0.333. The molecule has 0 aromatic heterocycles. The van der Waals surface area contributed by atoms with E-state index in [1.165, 1.54) is 0 Å². The Morgan fingerprint density at radius 3 is 2.71 bits per heavy atom. The van der Waals surface area contributed by atoms with Crippen molar-refractivity contribution in [2.75, 3.05) is 6.54 Å². The van der Waals surface area contributed by atoms with Crippen LogP contribution in [0.5, 0.6) is 0 Å². The molecule has 2 N–H and O–H groups in total. The lowest BCUT2D eigenvalue weighted by Gasteiger charge is -2.22. The maximum atomic E-state index is 12.3. The normalized spacial score (nSPS) is 19.4. The zero-order valence-electron chi connectivity index (χ0n) is 9.23. The van der Waals surface area contributed by atoms with E-state index >= 15 is 0 Å². The van der Waals surface area contributed by atoms with Gasteiger partial charge in [-0.25, -0.2) is 0 Å². The van der Waals surface area contributed by atoms with E-state index in [1.54, 1.807) is 11.0 Å². The molecule has 1 atom stereocenters. The summed E-state index contributed by atoms with van der Waals surface area (Å²) in [6, 6.07) is 6.92. The molecule has 0 spiro atoms. The minimum absolute atomic E-state index is 0.101. The Hall–Kier alpha value is -1.11. The monoisotopic (exact) mass is 344 g/mol. The standard InChI is InChI=1S/C12H13IN2O2/c13-9-5-2-1-4-8(9)12(17)15-7-3-6-10(15)11(14)16/h1-2,4-5,10H,3,6-7H2,(H2,14,16). The summed E-state index contributed by atoms with van der Waals surface area (Å²) in [6.45, 7) is 0.609. The first kappa shape index (κ1) is 12.3. The van der Waals surface area contributed by atoms with Crippen LogP contribution >= 0.6 is 22.6 Å². The first-order chi connectivity index (χ1) is 8.11. The smallest absolute Gasteiger partial charge is 0.255 e. The Labute approximate surface area is 113 Å². The molecule has 0 bridgehead atoms. The van der Waals surface area contributed by atoms with Gasteiger partial charge in [-0.05, 0) is 47.6 Å². The van der Waals surface area contributed by atoms with Crippen LogP contribution in [-0.4, -0.2) is 29.3 Å². The molecule has 1 saturated heterocycles. The van der Waals surface area contributed by atoms with Crippen LogP contribution in [-0.2, 0) is 4.79 Å². The van der Waals surface area contributed by atoms with Crippen LogP contribution in [0.25, 0.3) is 0 Å². The fourth-order valence-electron chi connectivity index (χ4n) is 2.09. The fourth-order valence-corrected chi connectivity index (χ4v) is 2.71. The van der Waals surface area contributed by atoms with Gasteiger partial charge in [0.1, 0.15) is 6.04 Å². The number of carbonyl (C=O) groups is 2. The van der Waals surface area contributed by atoms with E-state index in [9.17, 15) is 9.59 Å². The Morgan fingerprint density at radius 1 is 1.35 bits per heavy atom. The summed E-state index contributed by atoms with van der Waals surface area (Å²) in [5.74, 6) is -0.516. The maximum Gasteiger partial charge on any atom is 0.255 e. The zero-order valence-corrected chi connectivity index (χ0v) is 11.4. The van der Waals surface area contributed by atoms with Crippen LogP contribution in [0.15, 0.2) is 24.3 Å². The summed E-state index contributed by atoms with van der Waals surface area (Å²) in [6.07, 6.45) is 1.51. The Morgan fingerprint density at radius 2 is 2.06 bits per heavy atom. The van der Waals surface area contributed by atoms with Gasteiger partial charge in [-0.3, -0.25) is 9.59 Å². The molecule has 1 aromatic rings. The van der Waals surface area contributed by atoms with Gasteiger partial charge in [0, 0.05) is 10.1 Å². The number of nitrogens with zero attached hydrogens (tertiary/aromatic N) is 1. The van der Waals surface area contributed by atoms with Gasteiger partial charge >= 0.3 is 0 Å². The van der Waals surface area contributed by atoms with Crippen molar-refractivity contribution in [3.8, 4) is 0 Å². The molecule has 17 heavy (non-hydrogen) atoms. The maximum absolute atomic E-state index is 12.3. The molecule has 1 aliphatic heterocycles. The summed E-state index contributed by atoms with van der Waals surface area (Å²) in [5, 5.41) is 0. The van der Waals surface area contributed by atoms with E-state index in [0.717, 1.165) is 9.99 Å². The van der Waals surface area contributed by atoms with Gasteiger partial charge < -0.3 is 10.6 Å². The molecule has 1 fully saturated rings. The molecule has 1 aromatic carbocycles. The molecule has 0 saturated carbocycles. The third-order valence-corrected chi connectivity index (χ3v) is 3.89. The second kappa shape index (κ2) is 5.03. The topological polar surface area (TPSA) is 63.4 Å². The lowest BCUT2D eigenvalue weighted by Crippen LogP contribution is -2.43. The highest BCUT2D eigenvalue weighted by molar-refractivity contribution is 14.1. The SMILES string of the molecule is NC(=O)C1CCCN1C(=O)c1ccccc1I. The summed E-state index contributed by atoms with van der Waals surface area (Å²) in [4.78, 5) is 25.1. The van der Waals surface area contributed by atoms with Gasteiger partial charge in [-0.2, -0.15) is 0 Å². The lowest BCUT2D eigenvalue weighted by molar-refractivity contribution is -0.121. The number of primary amides is 1.